The third-order valence-electron chi connectivity index (χ3n) is 1.94. The lowest BCUT2D eigenvalue weighted by Gasteiger charge is -2.14. The zero-order valence-corrected chi connectivity index (χ0v) is 9.21. The summed E-state index contributed by atoms with van der Waals surface area (Å²) < 4.78 is 0. The number of aliphatic hydroxyl groups is 3. The topological polar surface area (TPSA) is 122 Å². The standard InChI is InChI=1S/C8H12N4O3S/c9-12-10-2-1-6(14)7(15)8-11-5(3-13)4-16-8/h4,6-7,13-15H,1-3H2. The highest BCUT2D eigenvalue weighted by Gasteiger charge is 2.20. The van der Waals surface area contributed by atoms with Crippen LogP contribution < -0.4 is 0 Å². The van der Waals surface area contributed by atoms with Crippen LogP contribution in [0.4, 0.5) is 0 Å². The lowest BCUT2D eigenvalue weighted by Crippen LogP contribution is -2.19. The van der Waals surface area contributed by atoms with E-state index in [4.69, 9.17) is 10.6 Å². The van der Waals surface area contributed by atoms with Crippen molar-refractivity contribution in [2.75, 3.05) is 6.54 Å². The summed E-state index contributed by atoms with van der Waals surface area (Å²) in [5.74, 6) is 0. The van der Waals surface area contributed by atoms with Crippen LogP contribution in [0.2, 0.25) is 0 Å². The molecule has 0 radical (unpaired) electrons. The van der Waals surface area contributed by atoms with Crippen LogP contribution in [0, 0.1) is 0 Å². The molecule has 1 aromatic rings. The predicted octanol–water partition coefficient (Wildman–Crippen LogP) is 0.730. The molecule has 1 rings (SSSR count). The first-order valence-electron chi connectivity index (χ1n) is 4.61. The van der Waals surface area contributed by atoms with Crippen LogP contribution in [-0.4, -0.2) is 33.0 Å². The monoisotopic (exact) mass is 244 g/mol. The van der Waals surface area contributed by atoms with Gasteiger partial charge in [0.15, 0.2) is 0 Å². The van der Waals surface area contributed by atoms with Gasteiger partial charge in [-0.1, -0.05) is 5.11 Å². The molecule has 0 bridgehead atoms. The lowest BCUT2D eigenvalue weighted by atomic mass is 10.1. The Hall–Kier alpha value is -1.18. The zero-order valence-electron chi connectivity index (χ0n) is 8.39. The smallest absolute Gasteiger partial charge is 0.131 e. The van der Waals surface area contributed by atoms with Crippen molar-refractivity contribution in [3.05, 3.63) is 26.5 Å². The summed E-state index contributed by atoms with van der Waals surface area (Å²) in [5.41, 5.74) is 8.51. The van der Waals surface area contributed by atoms with Crippen LogP contribution >= 0.6 is 11.3 Å². The normalized spacial score (nSPS) is 14.2. The molecular weight excluding hydrogens is 232 g/mol. The van der Waals surface area contributed by atoms with E-state index >= 15 is 0 Å². The Labute approximate surface area is 95.6 Å². The molecule has 0 saturated carbocycles. The van der Waals surface area contributed by atoms with Crippen molar-refractivity contribution >= 4 is 11.3 Å². The maximum Gasteiger partial charge on any atom is 0.131 e. The first-order valence-corrected chi connectivity index (χ1v) is 5.49. The zero-order chi connectivity index (χ0) is 12.0. The Morgan fingerprint density at radius 2 is 2.31 bits per heavy atom. The highest BCUT2D eigenvalue weighted by atomic mass is 32.1. The molecule has 7 nitrogen and oxygen atoms in total. The van der Waals surface area contributed by atoms with Gasteiger partial charge >= 0.3 is 0 Å². The molecule has 2 atom stereocenters. The SMILES string of the molecule is [N-]=[N+]=NCCC(O)C(O)c1nc(CO)cs1. The summed E-state index contributed by atoms with van der Waals surface area (Å²) in [6.45, 7) is -0.0784. The number of hydrogen-bond acceptors (Lipinski definition) is 6. The molecule has 0 amide bonds. The highest BCUT2D eigenvalue weighted by molar-refractivity contribution is 7.09. The van der Waals surface area contributed by atoms with E-state index in [2.05, 4.69) is 15.0 Å². The van der Waals surface area contributed by atoms with Crippen molar-refractivity contribution in [3.8, 4) is 0 Å². The minimum absolute atomic E-state index is 0.118. The van der Waals surface area contributed by atoms with Crippen LogP contribution in [0.5, 0.6) is 0 Å². The van der Waals surface area contributed by atoms with E-state index in [-0.39, 0.29) is 19.6 Å². The predicted molar refractivity (Wildman–Crippen MR) is 57.6 cm³/mol. The fourth-order valence-corrected chi connectivity index (χ4v) is 1.94. The summed E-state index contributed by atoms with van der Waals surface area (Å²) in [6, 6.07) is 0. The molecule has 0 aliphatic carbocycles. The molecule has 0 aliphatic heterocycles. The number of aliphatic hydroxyl groups excluding tert-OH is 3. The Balaban J connectivity index is 2.55. The van der Waals surface area contributed by atoms with Crippen LogP contribution in [0.1, 0.15) is 23.2 Å². The molecular formula is C8H12N4O3S. The van der Waals surface area contributed by atoms with Gasteiger partial charge in [-0.3, -0.25) is 0 Å². The summed E-state index contributed by atoms with van der Waals surface area (Å²) >= 11 is 1.17. The average Bonchev–Trinajstić information content (AvgIpc) is 2.76. The van der Waals surface area contributed by atoms with Gasteiger partial charge in [0.05, 0.1) is 18.4 Å². The van der Waals surface area contributed by atoms with Gasteiger partial charge in [-0.25, -0.2) is 4.98 Å². The first-order chi connectivity index (χ1) is 7.69. The molecule has 0 fully saturated rings. The van der Waals surface area contributed by atoms with Gasteiger partial charge in [0.2, 0.25) is 0 Å². The Morgan fingerprint density at radius 1 is 1.56 bits per heavy atom. The van der Waals surface area contributed by atoms with E-state index in [1.54, 1.807) is 5.38 Å². The fourth-order valence-electron chi connectivity index (χ4n) is 1.09. The quantitative estimate of drug-likeness (QED) is 0.387. The minimum Gasteiger partial charge on any atom is -0.390 e. The van der Waals surface area contributed by atoms with Crippen molar-refractivity contribution in [2.24, 2.45) is 5.11 Å². The molecule has 88 valence electrons. The van der Waals surface area contributed by atoms with E-state index < -0.39 is 12.2 Å². The maximum atomic E-state index is 9.68. The highest BCUT2D eigenvalue weighted by Crippen LogP contribution is 2.22. The first kappa shape index (κ1) is 12.9. The third kappa shape index (κ3) is 3.44. The summed E-state index contributed by atoms with van der Waals surface area (Å²) in [6.07, 6.45) is -1.97. The van der Waals surface area contributed by atoms with E-state index in [0.717, 1.165) is 0 Å². The number of azide groups is 1. The van der Waals surface area contributed by atoms with E-state index in [9.17, 15) is 10.2 Å². The Morgan fingerprint density at radius 3 is 2.88 bits per heavy atom. The molecule has 1 heterocycles. The number of rotatable bonds is 6. The van der Waals surface area contributed by atoms with Crippen molar-refractivity contribution in [1.82, 2.24) is 4.98 Å². The van der Waals surface area contributed by atoms with Gasteiger partial charge < -0.3 is 15.3 Å². The molecule has 0 spiro atoms. The molecule has 0 saturated heterocycles. The van der Waals surface area contributed by atoms with E-state index in [1.165, 1.54) is 11.3 Å². The number of nitrogens with zero attached hydrogens (tertiary/aromatic N) is 4. The molecule has 2 unspecified atom stereocenters. The Kier molecular flexibility index (Phi) is 5.17. The molecule has 0 aliphatic rings. The molecule has 3 N–H and O–H groups in total. The lowest BCUT2D eigenvalue weighted by molar-refractivity contribution is 0.0147. The largest absolute Gasteiger partial charge is 0.390 e. The summed E-state index contributed by atoms with van der Waals surface area (Å²) in [4.78, 5) is 6.48. The molecule has 1 aromatic heterocycles. The van der Waals surface area contributed by atoms with Gasteiger partial charge in [-0.15, -0.1) is 11.3 Å². The molecule has 0 aromatic carbocycles. The number of hydrogen-bond donors (Lipinski definition) is 3. The second-order valence-electron chi connectivity index (χ2n) is 3.09. The van der Waals surface area contributed by atoms with Gasteiger partial charge in [0, 0.05) is 16.8 Å². The average molecular weight is 244 g/mol. The van der Waals surface area contributed by atoms with Crippen molar-refractivity contribution in [2.45, 2.75) is 25.2 Å². The van der Waals surface area contributed by atoms with Crippen LogP contribution in [0.25, 0.3) is 10.4 Å². The van der Waals surface area contributed by atoms with Crippen molar-refractivity contribution in [3.63, 3.8) is 0 Å². The van der Waals surface area contributed by atoms with Gasteiger partial charge in [-0.2, -0.15) is 0 Å². The second-order valence-corrected chi connectivity index (χ2v) is 3.98. The summed E-state index contributed by atoms with van der Waals surface area (Å²) in [7, 11) is 0. The number of aromatic nitrogens is 1. The van der Waals surface area contributed by atoms with Crippen LogP contribution in [-0.2, 0) is 6.61 Å². The van der Waals surface area contributed by atoms with Crippen molar-refractivity contribution < 1.29 is 15.3 Å². The number of thiazole rings is 1. The van der Waals surface area contributed by atoms with Gasteiger partial charge in [0.1, 0.15) is 11.1 Å². The van der Waals surface area contributed by atoms with Gasteiger partial charge in [-0.05, 0) is 12.0 Å². The fraction of sp³-hybridized carbons (Fsp3) is 0.625. The summed E-state index contributed by atoms with van der Waals surface area (Å²) in [5, 5.41) is 33.2. The second kappa shape index (κ2) is 6.41. The van der Waals surface area contributed by atoms with E-state index in [0.29, 0.717) is 10.7 Å². The minimum atomic E-state index is -1.11. The Bertz CT molecular complexity index is 377. The van der Waals surface area contributed by atoms with Crippen LogP contribution in [0.3, 0.4) is 0 Å². The van der Waals surface area contributed by atoms with E-state index in [1.807, 2.05) is 0 Å². The van der Waals surface area contributed by atoms with Crippen LogP contribution in [0.15, 0.2) is 10.5 Å². The van der Waals surface area contributed by atoms with Crippen molar-refractivity contribution in [1.29, 1.82) is 0 Å². The third-order valence-corrected chi connectivity index (χ3v) is 2.90. The molecule has 8 heteroatoms. The maximum absolute atomic E-state index is 9.68. The molecule has 16 heavy (non-hydrogen) atoms. The van der Waals surface area contributed by atoms with Gasteiger partial charge in [0.25, 0.3) is 0 Å².